The van der Waals surface area contributed by atoms with Gasteiger partial charge in [-0.2, -0.15) is 0 Å². The van der Waals surface area contributed by atoms with Gasteiger partial charge in [0.05, 0.1) is 10.0 Å². The minimum Gasteiger partial charge on any atom is -0.489 e. The van der Waals surface area contributed by atoms with Crippen LogP contribution in [0.15, 0.2) is 36.4 Å². The van der Waals surface area contributed by atoms with Crippen molar-refractivity contribution in [1.29, 1.82) is 0 Å². The molecule has 0 aliphatic carbocycles. The van der Waals surface area contributed by atoms with Gasteiger partial charge in [-0.3, -0.25) is 0 Å². The van der Waals surface area contributed by atoms with E-state index in [0.29, 0.717) is 26.9 Å². The second kappa shape index (κ2) is 6.39. The smallest absolute Gasteiger partial charge is 0.123 e. The molecule has 6 heteroatoms. The number of thiocarbonyl (C=S) groups is 1. The molecule has 0 radical (unpaired) electrons. The molecule has 104 valence electrons. The van der Waals surface area contributed by atoms with Crippen LogP contribution in [-0.2, 0) is 6.61 Å². The first kappa shape index (κ1) is 15.0. The predicted octanol–water partition coefficient (Wildman–Crippen LogP) is 4.35. The minimum atomic E-state index is -0.397. The van der Waals surface area contributed by atoms with Crippen LogP contribution in [0.4, 0.5) is 4.39 Å². The first-order valence-electron chi connectivity index (χ1n) is 5.63. The Kier molecular flexibility index (Phi) is 4.81. The number of benzene rings is 2. The molecule has 2 nitrogen and oxygen atoms in total. The van der Waals surface area contributed by atoms with E-state index in [9.17, 15) is 4.39 Å². The number of nitrogens with two attached hydrogens (primary N) is 1. The Bertz CT molecular complexity index is 664. The molecule has 0 aromatic heterocycles. The molecule has 0 fully saturated rings. The van der Waals surface area contributed by atoms with Crippen molar-refractivity contribution in [3.05, 3.63) is 63.4 Å². The van der Waals surface area contributed by atoms with Gasteiger partial charge in [0.2, 0.25) is 0 Å². The highest BCUT2D eigenvalue weighted by Gasteiger charge is 2.08. The largest absolute Gasteiger partial charge is 0.489 e. The summed E-state index contributed by atoms with van der Waals surface area (Å²) in [6, 6.07) is 9.14. The summed E-state index contributed by atoms with van der Waals surface area (Å²) in [5.41, 5.74) is 6.72. The SMILES string of the molecule is NC(=S)c1cc(F)ccc1COc1ccc(Cl)c(Cl)c1. The Morgan fingerprint density at radius 2 is 1.90 bits per heavy atom. The monoisotopic (exact) mass is 329 g/mol. The molecule has 0 spiro atoms. The first-order valence-corrected chi connectivity index (χ1v) is 6.80. The molecule has 0 bridgehead atoms. The second-order valence-corrected chi connectivity index (χ2v) is 5.28. The summed E-state index contributed by atoms with van der Waals surface area (Å²) in [7, 11) is 0. The Labute approximate surface area is 131 Å². The van der Waals surface area contributed by atoms with E-state index in [2.05, 4.69) is 0 Å². The van der Waals surface area contributed by atoms with Gasteiger partial charge in [-0.1, -0.05) is 41.5 Å². The van der Waals surface area contributed by atoms with E-state index in [1.165, 1.54) is 12.1 Å². The van der Waals surface area contributed by atoms with Crippen LogP contribution in [0.2, 0.25) is 10.0 Å². The van der Waals surface area contributed by atoms with E-state index in [-0.39, 0.29) is 11.6 Å². The Hall–Kier alpha value is -1.36. The maximum atomic E-state index is 13.2. The molecular formula is C14H10Cl2FNOS. The summed E-state index contributed by atoms with van der Waals surface area (Å²) < 4.78 is 18.8. The van der Waals surface area contributed by atoms with Gasteiger partial charge in [-0.15, -0.1) is 0 Å². The van der Waals surface area contributed by atoms with Crippen LogP contribution in [0.25, 0.3) is 0 Å². The van der Waals surface area contributed by atoms with Crippen LogP contribution in [0.1, 0.15) is 11.1 Å². The molecule has 2 N–H and O–H groups in total. The quantitative estimate of drug-likeness (QED) is 0.847. The Morgan fingerprint density at radius 1 is 1.15 bits per heavy atom. The lowest BCUT2D eigenvalue weighted by Crippen LogP contribution is -2.14. The van der Waals surface area contributed by atoms with Crippen molar-refractivity contribution in [2.24, 2.45) is 5.73 Å². The van der Waals surface area contributed by atoms with E-state index >= 15 is 0 Å². The fraction of sp³-hybridized carbons (Fsp3) is 0.0714. The topological polar surface area (TPSA) is 35.2 Å². The molecule has 0 atom stereocenters. The first-order chi connectivity index (χ1) is 9.47. The van der Waals surface area contributed by atoms with E-state index in [0.717, 1.165) is 0 Å². The average molecular weight is 330 g/mol. The lowest BCUT2D eigenvalue weighted by Gasteiger charge is -2.11. The van der Waals surface area contributed by atoms with Crippen LogP contribution in [0.5, 0.6) is 5.75 Å². The van der Waals surface area contributed by atoms with Crippen molar-refractivity contribution in [2.75, 3.05) is 0 Å². The standard InChI is InChI=1S/C14H10Cl2FNOS/c15-12-4-3-10(6-13(12)16)19-7-8-1-2-9(17)5-11(8)14(18)20/h1-6H,7H2,(H2,18,20). The van der Waals surface area contributed by atoms with Crippen molar-refractivity contribution in [3.8, 4) is 5.75 Å². The molecule has 0 aliphatic rings. The minimum absolute atomic E-state index is 0.122. The summed E-state index contributed by atoms with van der Waals surface area (Å²) in [5.74, 6) is 0.156. The zero-order valence-corrected chi connectivity index (χ0v) is 12.5. The Balaban J connectivity index is 2.18. The second-order valence-electron chi connectivity index (χ2n) is 4.03. The highest BCUT2D eigenvalue weighted by atomic mass is 35.5. The van der Waals surface area contributed by atoms with Crippen LogP contribution in [-0.4, -0.2) is 4.99 Å². The fourth-order valence-corrected chi connectivity index (χ4v) is 2.11. The molecule has 2 rings (SSSR count). The molecular weight excluding hydrogens is 320 g/mol. The van der Waals surface area contributed by atoms with Crippen LogP contribution in [0, 0.1) is 5.82 Å². The van der Waals surface area contributed by atoms with Crippen molar-refractivity contribution < 1.29 is 9.13 Å². The van der Waals surface area contributed by atoms with Gasteiger partial charge in [-0.25, -0.2) is 4.39 Å². The molecule has 0 heterocycles. The molecule has 2 aromatic rings. The van der Waals surface area contributed by atoms with E-state index in [1.807, 2.05) is 0 Å². The number of rotatable bonds is 4. The molecule has 20 heavy (non-hydrogen) atoms. The van der Waals surface area contributed by atoms with Crippen molar-refractivity contribution >= 4 is 40.4 Å². The number of hydrogen-bond acceptors (Lipinski definition) is 2. The summed E-state index contributed by atoms with van der Waals surface area (Å²) in [6.07, 6.45) is 0. The normalized spacial score (nSPS) is 10.3. The van der Waals surface area contributed by atoms with Gasteiger partial charge in [0.15, 0.2) is 0 Å². The maximum absolute atomic E-state index is 13.2. The number of hydrogen-bond donors (Lipinski definition) is 1. The van der Waals surface area contributed by atoms with Crippen molar-refractivity contribution in [3.63, 3.8) is 0 Å². The summed E-state index contributed by atoms with van der Waals surface area (Å²) >= 11 is 16.6. The van der Waals surface area contributed by atoms with Gasteiger partial charge in [0, 0.05) is 11.6 Å². The van der Waals surface area contributed by atoms with Crippen LogP contribution >= 0.6 is 35.4 Å². The van der Waals surface area contributed by atoms with Crippen LogP contribution in [0.3, 0.4) is 0 Å². The molecule has 0 amide bonds. The number of halogens is 3. The molecule has 0 saturated heterocycles. The van der Waals surface area contributed by atoms with Crippen molar-refractivity contribution in [1.82, 2.24) is 0 Å². The lowest BCUT2D eigenvalue weighted by atomic mass is 10.1. The van der Waals surface area contributed by atoms with Gasteiger partial charge in [-0.05, 0) is 29.8 Å². The highest BCUT2D eigenvalue weighted by molar-refractivity contribution is 7.80. The van der Waals surface area contributed by atoms with Gasteiger partial charge < -0.3 is 10.5 Å². The summed E-state index contributed by atoms with van der Waals surface area (Å²) in [4.78, 5) is 0.122. The third-order valence-corrected chi connectivity index (χ3v) is 3.58. The van der Waals surface area contributed by atoms with Gasteiger partial charge in [0.1, 0.15) is 23.2 Å². The van der Waals surface area contributed by atoms with E-state index in [1.54, 1.807) is 24.3 Å². The molecule has 0 aliphatic heterocycles. The summed E-state index contributed by atoms with van der Waals surface area (Å²) in [6.45, 7) is 0.199. The molecule has 2 aromatic carbocycles. The average Bonchev–Trinajstić information content (AvgIpc) is 2.41. The van der Waals surface area contributed by atoms with E-state index in [4.69, 9.17) is 45.9 Å². The zero-order valence-electron chi connectivity index (χ0n) is 10.2. The van der Waals surface area contributed by atoms with E-state index < -0.39 is 5.82 Å². The van der Waals surface area contributed by atoms with Gasteiger partial charge in [0.25, 0.3) is 0 Å². The highest BCUT2D eigenvalue weighted by Crippen LogP contribution is 2.27. The van der Waals surface area contributed by atoms with Crippen molar-refractivity contribution in [2.45, 2.75) is 6.61 Å². The number of ether oxygens (including phenoxy) is 1. The predicted molar refractivity (Wildman–Crippen MR) is 83.1 cm³/mol. The van der Waals surface area contributed by atoms with Crippen LogP contribution < -0.4 is 10.5 Å². The molecule has 0 saturated carbocycles. The maximum Gasteiger partial charge on any atom is 0.123 e. The fourth-order valence-electron chi connectivity index (χ4n) is 1.63. The lowest BCUT2D eigenvalue weighted by molar-refractivity contribution is 0.306. The molecule has 0 unspecified atom stereocenters. The zero-order chi connectivity index (χ0) is 14.7. The third-order valence-electron chi connectivity index (χ3n) is 2.62. The summed E-state index contributed by atoms with van der Waals surface area (Å²) in [5, 5.41) is 0.850. The Morgan fingerprint density at radius 3 is 2.55 bits per heavy atom. The van der Waals surface area contributed by atoms with Gasteiger partial charge >= 0.3 is 0 Å². The third kappa shape index (κ3) is 3.60.